The second-order valence-corrected chi connectivity index (χ2v) is 10.7. The molecule has 0 saturated carbocycles. The Morgan fingerprint density at radius 2 is 1.45 bits per heavy atom. The quantitative estimate of drug-likeness (QED) is 0.0493. The van der Waals surface area contributed by atoms with Crippen molar-refractivity contribution >= 4 is 46.6 Å². The second-order valence-electron chi connectivity index (χ2n) is 10.7. The number of nitrogens with one attached hydrogen (secondary N) is 4. The Morgan fingerprint density at radius 1 is 0.911 bits per heavy atom. The van der Waals surface area contributed by atoms with Crippen LogP contribution in [-0.2, 0) is 26.7 Å². The van der Waals surface area contributed by atoms with Gasteiger partial charge in [-0.3, -0.25) is 20.0 Å². The predicted molar refractivity (Wildman–Crippen MR) is 189 cm³/mol. The van der Waals surface area contributed by atoms with Crippen molar-refractivity contribution in [3.8, 4) is 0 Å². The van der Waals surface area contributed by atoms with E-state index in [4.69, 9.17) is 27.7 Å². The van der Waals surface area contributed by atoms with Gasteiger partial charge in [-0.1, -0.05) is 12.1 Å². The minimum atomic E-state index is -4.48. The number of aliphatic imine (C=N–C) groups is 1. The number of benzene rings is 2. The van der Waals surface area contributed by atoms with Crippen molar-refractivity contribution in [3.05, 3.63) is 71.0 Å². The van der Waals surface area contributed by atoms with E-state index in [0.717, 1.165) is 24.3 Å². The molecule has 2 aromatic heterocycles. The van der Waals surface area contributed by atoms with Crippen molar-refractivity contribution in [1.29, 1.82) is 5.41 Å². The van der Waals surface area contributed by atoms with Gasteiger partial charge in [-0.25, -0.2) is 9.26 Å². The number of halogens is 6. The lowest BCUT2D eigenvalue weighted by molar-refractivity contribution is -0.138. The molecule has 3 heterocycles. The summed E-state index contributed by atoms with van der Waals surface area (Å²) in [5, 5.41) is 35.9. The molecule has 11 N–H and O–H groups in total. The number of aliphatic hydroxyl groups is 1. The number of aromatic nitrogens is 4. The first kappa shape index (κ1) is 45.8. The molecule has 5 rings (SSSR count). The molecule has 4 aromatic rings. The topological polar surface area (TPSA) is 295 Å². The average molecular weight is 804 g/mol. The number of nitrogens with zero attached hydrogens (tertiary/aromatic N) is 6. The molecule has 0 radical (unpaired) electrons. The molecule has 0 bridgehead atoms. The van der Waals surface area contributed by atoms with Crippen LogP contribution in [0.2, 0.25) is 0 Å². The van der Waals surface area contributed by atoms with E-state index in [1.54, 1.807) is 11.8 Å². The maximum atomic E-state index is 12.7. The van der Waals surface area contributed by atoms with Crippen molar-refractivity contribution in [1.82, 2.24) is 30.8 Å². The van der Waals surface area contributed by atoms with Gasteiger partial charge in [0, 0.05) is 37.6 Å². The van der Waals surface area contributed by atoms with Crippen LogP contribution in [0.1, 0.15) is 29.4 Å². The zero-order valence-corrected chi connectivity index (χ0v) is 29.7. The summed E-state index contributed by atoms with van der Waals surface area (Å²) in [6, 6.07) is 8.89. The molecule has 2 aromatic carbocycles. The van der Waals surface area contributed by atoms with Crippen LogP contribution in [0.25, 0.3) is 0 Å². The van der Waals surface area contributed by atoms with Crippen LogP contribution in [-0.4, -0.2) is 107 Å². The molecule has 0 unspecified atom stereocenters. The highest BCUT2D eigenvalue weighted by molar-refractivity contribution is 6.04. The summed E-state index contributed by atoms with van der Waals surface area (Å²) in [5.41, 5.74) is 14.9. The van der Waals surface area contributed by atoms with Crippen LogP contribution in [0.15, 0.2) is 62.8 Å². The second kappa shape index (κ2) is 22.1. The number of amides is 2. The SMILES string of the molecule is CCO.COC(=N)c1nonc1N.NCCNCC(=O)Nc1cccc(C(F)(F)F)c1.Nc1nonc1C1=NCCN1CC(=O)Nc1cccc(C(F)(F)F)c1. The molecular formula is C31H39F6N13O6. The van der Waals surface area contributed by atoms with Crippen LogP contribution in [0, 0.1) is 5.41 Å². The Morgan fingerprint density at radius 3 is 1.91 bits per heavy atom. The summed E-state index contributed by atoms with van der Waals surface area (Å²) in [5.74, 6) is -0.598. The van der Waals surface area contributed by atoms with Gasteiger partial charge in [0.1, 0.15) is 0 Å². The summed E-state index contributed by atoms with van der Waals surface area (Å²) >= 11 is 0. The molecule has 0 fully saturated rings. The lowest BCUT2D eigenvalue weighted by atomic mass is 10.2. The highest BCUT2D eigenvalue weighted by Crippen LogP contribution is 2.31. The number of aliphatic hydroxyl groups excluding tert-OH is 1. The molecule has 1 aliphatic heterocycles. The maximum absolute atomic E-state index is 12.7. The fourth-order valence-corrected chi connectivity index (χ4v) is 4.09. The van der Waals surface area contributed by atoms with Gasteiger partial charge < -0.3 is 47.9 Å². The fourth-order valence-electron chi connectivity index (χ4n) is 4.09. The van der Waals surface area contributed by atoms with Gasteiger partial charge in [0.2, 0.25) is 29.2 Å². The summed E-state index contributed by atoms with van der Waals surface area (Å²) in [7, 11) is 1.34. The number of alkyl halides is 6. The first-order valence-electron chi connectivity index (χ1n) is 16.0. The number of nitrogens with two attached hydrogens (primary N) is 3. The smallest absolute Gasteiger partial charge is 0.416 e. The molecule has 0 spiro atoms. The van der Waals surface area contributed by atoms with Gasteiger partial charge in [-0.05, 0) is 63.9 Å². The number of carbonyl (C=O) groups is 2. The Balaban J connectivity index is 0.000000304. The van der Waals surface area contributed by atoms with Crippen molar-refractivity contribution in [2.24, 2.45) is 10.7 Å². The average Bonchev–Trinajstić information content (AvgIpc) is 3.89. The molecule has 25 heteroatoms. The van der Waals surface area contributed by atoms with Crippen molar-refractivity contribution in [3.63, 3.8) is 0 Å². The van der Waals surface area contributed by atoms with Gasteiger partial charge in [-0.2, -0.15) is 26.3 Å². The molecule has 1 aliphatic rings. The van der Waals surface area contributed by atoms with Crippen molar-refractivity contribution < 1.29 is 55.0 Å². The zero-order valence-electron chi connectivity index (χ0n) is 29.7. The Labute approximate surface area is 314 Å². The van der Waals surface area contributed by atoms with Gasteiger partial charge in [0.05, 0.1) is 37.9 Å². The molecule has 2 amide bonds. The first-order valence-corrected chi connectivity index (χ1v) is 16.0. The van der Waals surface area contributed by atoms with E-state index in [-0.39, 0.29) is 60.0 Å². The number of amidine groups is 1. The van der Waals surface area contributed by atoms with Crippen LogP contribution < -0.4 is 33.2 Å². The summed E-state index contributed by atoms with van der Waals surface area (Å²) < 4.78 is 88.6. The first-order chi connectivity index (χ1) is 26.4. The number of rotatable bonds is 10. The van der Waals surface area contributed by atoms with Crippen LogP contribution >= 0.6 is 0 Å². The Kier molecular flexibility index (Phi) is 18.1. The van der Waals surface area contributed by atoms with Crippen LogP contribution in [0.4, 0.5) is 49.4 Å². The molecule has 19 nitrogen and oxygen atoms in total. The summed E-state index contributed by atoms with van der Waals surface area (Å²) in [6.45, 7) is 3.54. The Hall–Kier alpha value is -6.34. The van der Waals surface area contributed by atoms with E-state index in [1.807, 2.05) is 0 Å². The minimum Gasteiger partial charge on any atom is -0.480 e. The number of hydrogen-bond donors (Lipinski definition) is 8. The van der Waals surface area contributed by atoms with E-state index >= 15 is 0 Å². The van der Waals surface area contributed by atoms with Gasteiger partial charge in [0.25, 0.3) is 0 Å². The highest BCUT2D eigenvalue weighted by Gasteiger charge is 2.32. The van der Waals surface area contributed by atoms with Gasteiger partial charge in [-0.15, -0.1) is 0 Å². The number of nitrogen functional groups attached to an aromatic ring is 2. The third-order valence-corrected chi connectivity index (χ3v) is 6.48. The number of anilines is 4. The number of methoxy groups -OCH3 is 1. The molecular weight excluding hydrogens is 764 g/mol. The van der Waals surface area contributed by atoms with Crippen molar-refractivity contribution in [2.45, 2.75) is 19.3 Å². The van der Waals surface area contributed by atoms with E-state index in [9.17, 15) is 35.9 Å². The molecule has 56 heavy (non-hydrogen) atoms. The van der Waals surface area contributed by atoms with E-state index in [2.05, 4.69) is 55.6 Å². The van der Waals surface area contributed by atoms with Gasteiger partial charge >= 0.3 is 12.4 Å². The third-order valence-electron chi connectivity index (χ3n) is 6.48. The Bertz CT molecular complexity index is 1880. The zero-order chi connectivity index (χ0) is 41.9. The van der Waals surface area contributed by atoms with E-state index in [1.165, 1.54) is 31.4 Å². The predicted octanol–water partition coefficient (Wildman–Crippen LogP) is 2.19. The number of hydrogen-bond acceptors (Lipinski definition) is 17. The normalized spacial score (nSPS) is 12.1. The maximum Gasteiger partial charge on any atom is 0.416 e. The van der Waals surface area contributed by atoms with E-state index in [0.29, 0.717) is 32.0 Å². The summed E-state index contributed by atoms with van der Waals surface area (Å²) in [4.78, 5) is 29.3. The molecule has 306 valence electrons. The fraction of sp³-hybridized carbons (Fsp3) is 0.355. The molecule has 0 atom stereocenters. The standard InChI is InChI=1S/C14H13F3N6O2.C11H14F3N3O.C4H6N4O2.C2H6O/c15-14(16,17)8-2-1-3-9(6-8)20-10(24)7-23-5-4-19-13(23)11-12(18)22-25-21-11;12-11(13,14)8-2-1-3-9(6-8)17-10(18)7-16-5-4-15;1-9-4(6)2-3(5)8-10-7-2;1-2-3/h1-3,6H,4-5,7H2,(H2,18,22)(H,20,24);1-3,6,16H,4-5,7,15H2,(H,17,18);6H,1H3,(H2,5,8);3H,2H2,1H3. The minimum absolute atomic E-state index is 0.00739. The van der Waals surface area contributed by atoms with Crippen LogP contribution in [0.5, 0.6) is 0 Å². The third kappa shape index (κ3) is 15.2. The number of ether oxygens (including phenoxy) is 1. The highest BCUT2D eigenvalue weighted by atomic mass is 19.4. The van der Waals surface area contributed by atoms with Gasteiger partial charge in [0.15, 0.2) is 17.3 Å². The summed E-state index contributed by atoms with van der Waals surface area (Å²) in [6.07, 6.45) is -8.90. The largest absolute Gasteiger partial charge is 0.480 e. The van der Waals surface area contributed by atoms with Crippen molar-refractivity contribution in [2.75, 3.05) is 75.1 Å². The number of carbonyl (C=O) groups excluding carboxylic acids is 2. The van der Waals surface area contributed by atoms with Crippen LogP contribution in [0.3, 0.4) is 0 Å². The molecule has 0 saturated heterocycles. The lowest BCUT2D eigenvalue weighted by Crippen LogP contribution is -2.36. The van der Waals surface area contributed by atoms with E-state index < -0.39 is 35.3 Å². The lowest BCUT2D eigenvalue weighted by Gasteiger charge is -2.18. The monoisotopic (exact) mass is 803 g/mol. The molecule has 0 aliphatic carbocycles.